The van der Waals surface area contributed by atoms with Gasteiger partial charge in [0.25, 0.3) is 0 Å². The second-order valence-electron chi connectivity index (χ2n) is 13.9. The number of phenols is 1. The van der Waals surface area contributed by atoms with Gasteiger partial charge in [0.2, 0.25) is 0 Å². The molecule has 1 N–H and O–H groups in total. The summed E-state index contributed by atoms with van der Waals surface area (Å²) in [4.78, 5) is 12.8. The summed E-state index contributed by atoms with van der Waals surface area (Å²) in [6.07, 6.45) is 0.745. The fourth-order valence-electron chi connectivity index (χ4n) is 5.79. The van der Waals surface area contributed by atoms with Gasteiger partial charge < -0.3 is 19.9 Å². The number of carbonyl (C=O) groups is 1. The van der Waals surface area contributed by atoms with Crippen LogP contribution in [0.4, 0.5) is 5.69 Å². The van der Waals surface area contributed by atoms with Gasteiger partial charge in [-0.05, 0) is 48.9 Å². The van der Waals surface area contributed by atoms with Crippen molar-refractivity contribution in [1.29, 1.82) is 0 Å². The number of hydrogen-bond donors (Lipinski definition) is 1. The minimum absolute atomic E-state index is 0. The number of benzene rings is 6. The van der Waals surface area contributed by atoms with Crippen LogP contribution in [0.2, 0.25) is 0 Å². The zero-order valence-electron chi connectivity index (χ0n) is 33.4. The fourth-order valence-corrected chi connectivity index (χ4v) is 5.79. The number of ether oxygens (including phenoxy) is 2. The molecule has 0 fully saturated rings. The zero-order chi connectivity index (χ0) is 39.6. The van der Waals surface area contributed by atoms with E-state index < -0.39 is 5.97 Å². The number of para-hydroxylation sites is 2. The van der Waals surface area contributed by atoms with Crippen molar-refractivity contribution in [3.63, 3.8) is 0 Å². The van der Waals surface area contributed by atoms with Crippen molar-refractivity contribution in [2.45, 2.75) is 59.5 Å². The van der Waals surface area contributed by atoms with Crippen molar-refractivity contribution in [3.05, 3.63) is 204 Å². The van der Waals surface area contributed by atoms with Crippen molar-refractivity contribution < 1.29 is 45.2 Å². The van der Waals surface area contributed by atoms with Gasteiger partial charge >= 0.3 is 5.97 Å². The molecule has 5 nitrogen and oxygen atoms in total. The van der Waals surface area contributed by atoms with Gasteiger partial charge in [0.1, 0.15) is 23.7 Å². The number of aryl methyl sites for hydroxylation is 1. The van der Waals surface area contributed by atoms with E-state index in [1.54, 1.807) is 18.2 Å². The van der Waals surface area contributed by atoms with Gasteiger partial charge in [-0.25, -0.2) is 4.79 Å². The van der Waals surface area contributed by atoms with Crippen LogP contribution in [0.5, 0.6) is 11.5 Å². The molecule has 0 radical (unpaired) electrons. The first-order valence-corrected chi connectivity index (χ1v) is 18.9. The quantitative estimate of drug-likeness (QED) is 0.0575. The van der Waals surface area contributed by atoms with E-state index in [1.807, 2.05) is 116 Å². The van der Waals surface area contributed by atoms with E-state index in [-0.39, 0.29) is 43.8 Å². The van der Waals surface area contributed by atoms with Gasteiger partial charge in [0.05, 0.1) is 6.61 Å². The minimum atomic E-state index is -0.576. The van der Waals surface area contributed by atoms with Crippen LogP contribution in [0.15, 0.2) is 146 Å². The Morgan fingerprint density at radius 3 is 1.73 bits per heavy atom. The maximum absolute atomic E-state index is 12.8. The average Bonchev–Trinajstić information content (AvgIpc) is 3.19. The molecule has 0 saturated heterocycles. The Hall–Kier alpha value is -5.20. The monoisotopic (exact) mass is 912 g/mol. The summed E-state index contributed by atoms with van der Waals surface area (Å²) in [5, 5.41) is 16.1. The molecule has 6 heteroatoms. The molecule has 0 aliphatic heterocycles. The third-order valence-corrected chi connectivity index (χ3v) is 8.75. The Bertz CT molecular complexity index is 1980. The molecule has 0 spiro atoms. The summed E-state index contributed by atoms with van der Waals surface area (Å²) in [5.74, 6) is 0.747. The van der Waals surface area contributed by atoms with Crippen LogP contribution in [-0.4, -0.2) is 24.2 Å². The Morgan fingerprint density at radius 1 is 0.679 bits per heavy atom. The number of aromatic hydroxyl groups is 1. The summed E-state index contributed by atoms with van der Waals surface area (Å²) in [6, 6.07) is 46.6. The number of hydrogen-bond acceptors (Lipinski definition) is 4. The third kappa shape index (κ3) is 14.1. The van der Waals surface area contributed by atoms with E-state index >= 15 is 0 Å². The van der Waals surface area contributed by atoms with Crippen molar-refractivity contribution in [2.75, 3.05) is 13.2 Å². The number of esters is 1. The molecule has 0 saturated carbocycles. The Balaban J connectivity index is 0.000000467. The normalized spacial score (nSPS) is 10.3. The number of rotatable bonds is 12. The Kier molecular flexibility index (Phi) is 19.1. The van der Waals surface area contributed by atoms with Crippen molar-refractivity contribution in [3.8, 4) is 22.6 Å². The van der Waals surface area contributed by atoms with Crippen LogP contribution in [0.25, 0.3) is 16.4 Å². The van der Waals surface area contributed by atoms with E-state index in [0.29, 0.717) is 36.3 Å². The molecular weight excluding hydrogens is 857 g/mol. The van der Waals surface area contributed by atoms with Gasteiger partial charge in [-0.2, -0.15) is 49.2 Å². The van der Waals surface area contributed by atoms with Crippen LogP contribution in [0.1, 0.15) is 89.7 Å². The molecule has 6 aromatic carbocycles. The molecule has 0 aliphatic carbocycles. The third-order valence-electron chi connectivity index (χ3n) is 8.75. The second-order valence-corrected chi connectivity index (χ2v) is 13.9. The first-order chi connectivity index (χ1) is 26.5. The van der Waals surface area contributed by atoms with Crippen LogP contribution in [-0.2, 0) is 37.2 Å². The van der Waals surface area contributed by atoms with E-state index in [4.69, 9.17) is 14.8 Å². The molecule has 6 rings (SSSR count). The predicted octanol–water partition coefficient (Wildman–Crippen LogP) is 13.2. The van der Waals surface area contributed by atoms with Crippen LogP contribution in [0, 0.1) is 20.8 Å². The molecule has 0 aliphatic rings. The van der Waals surface area contributed by atoms with Gasteiger partial charge in [-0.15, -0.1) is 36.5 Å². The van der Waals surface area contributed by atoms with Crippen LogP contribution < -0.4 is 4.74 Å². The summed E-state index contributed by atoms with van der Waals surface area (Å²) >= 11 is 0. The summed E-state index contributed by atoms with van der Waals surface area (Å²) in [5.41, 5.74) is 9.07. The summed E-state index contributed by atoms with van der Waals surface area (Å²) in [7, 11) is 0. The molecule has 56 heavy (non-hydrogen) atoms. The van der Waals surface area contributed by atoms with Crippen molar-refractivity contribution in [2.24, 2.45) is 0 Å². The smallest absolute Gasteiger partial charge is 0.342 e. The molecule has 0 heterocycles. The van der Waals surface area contributed by atoms with Crippen LogP contribution >= 0.6 is 0 Å². The first-order valence-electron chi connectivity index (χ1n) is 18.9. The molecule has 0 aromatic heterocycles. The van der Waals surface area contributed by atoms with Gasteiger partial charge in [0, 0.05) is 37.0 Å². The largest absolute Gasteiger partial charge is 0.684 e. The SMILES string of the molecule is Cc1ccc(OCCC[N-]c2c(C(C)C)cccc2C(C)C)c(-c2cccc(C(=O)OCc3ccccc3)c2O)c1.[CH2-]c1ccccc1.[CH2-]c1ccccc1.[Hf]. The maximum Gasteiger partial charge on any atom is 0.342 e. The van der Waals surface area contributed by atoms with E-state index in [0.717, 1.165) is 39.9 Å². The molecule has 0 unspecified atom stereocenters. The fraction of sp³-hybridized carbons (Fsp3) is 0.220. The Labute approximate surface area is 353 Å². The maximum atomic E-state index is 12.8. The van der Waals surface area contributed by atoms with Gasteiger partial charge in [0.15, 0.2) is 0 Å². The number of phenolic OH excluding ortho intramolecular Hbond substituents is 1. The standard InChI is InChI=1S/C36H40NO4.2C7H7.Hf/c1-24(2)28-14-9-15-29(25(3)4)34(28)37-20-11-21-40-33-19-18-26(5)22-32(33)30-16-10-17-31(35(30)38)36(39)41-23-27-12-7-6-8-13-27;2*1-7-5-3-2-4-6-7;/h6-10,12-19,22,24-25H,11,20-21,23H2,1-5H3,(H,38,39);2*2-6H,1H2;/q3*-1;. The summed E-state index contributed by atoms with van der Waals surface area (Å²) in [6.45, 7) is 19.5. The number of nitrogens with zero attached hydrogens (tertiary/aromatic N) is 1. The molecular formula is C50H54HfNO4-3. The van der Waals surface area contributed by atoms with Crippen LogP contribution in [0.3, 0.4) is 0 Å². The second kappa shape index (κ2) is 23.7. The molecule has 0 atom stereocenters. The summed E-state index contributed by atoms with van der Waals surface area (Å²) < 4.78 is 11.7. The molecule has 0 amide bonds. The van der Waals surface area contributed by atoms with E-state index in [1.165, 1.54) is 11.1 Å². The van der Waals surface area contributed by atoms with Gasteiger partial charge in [-0.3, -0.25) is 0 Å². The van der Waals surface area contributed by atoms with E-state index in [2.05, 4.69) is 59.7 Å². The van der Waals surface area contributed by atoms with Gasteiger partial charge in [-0.1, -0.05) is 123 Å². The van der Waals surface area contributed by atoms with Crippen molar-refractivity contribution >= 4 is 11.7 Å². The Morgan fingerprint density at radius 2 is 1.21 bits per heavy atom. The predicted molar refractivity (Wildman–Crippen MR) is 228 cm³/mol. The molecule has 0 bridgehead atoms. The minimum Gasteiger partial charge on any atom is -0.684 e. The zero-order valence-corrected chi connectivity index (χ0v) is 37.0. The average molecular weight is 911 g/mol. The van der Waals surface area contributed by atoms with E-state index in [9.17, 15) is 9.90 Å². The van der Waals surface area contributed by atoms with Crippen molar-refractivity contribution in [1.82, 2.24) is 0 Å². The number of carbonyl (C=O) groups excluding carboxylic acids is 1. The topological polar surface area (TPSA) is 69.9 Å². The molecule has 290 valence electrons. The molecule has 6 aromatic rings. The first kappa shape index (κ1) is 45.2.